The molecule has 6 nitrogen and oxygen atoms in total. The van der Waals surface area contributed by atoms with Crippen LogP contribution >= 0.6 is 11.8 Å². The third-order valence-electron chi connectivity index (χ3n) is 5.01. The van der Waals surface area contributed by atoms with E-state index in [1.165, 1.54) is 18.7 Å². The van der Waals surface area contributed by atoms with Gasteiger partial charge in [0.15, 0.2) is 10.9 Å². The highest BCUT2D eigenvalue weighted by Gasteiger charge is 2.17. The third kappa shape index (κ3) is 6.09. The molecule has 4 aromatic rings. The number of carbonyl (C=O) groups is 1. The highest BCUT2D eigenvalue weighted by molar-refractivity contribution is 7.99. The van der Waals surface area contributed by atoms with Crippen LogP contribution in [0.15, 0.2) is 90.1 Å². The van der Waals surface area contributed by atoms with Crippen LogP contribution in [0.2, 0.25) is 0 Å². The van der Waals surface area contributed by atoms with E-state index in [4.69, 9.17) is 4.74 Å². The van der Waals surface area contributed by atoms with E-state index in [-0.39, 0.29) is 12.4 Å². The highest BCUT2D eigenvalue weighted by Crippen LogP contribution is 2.24. The number of thioether (sulfide) groups is 1. The maximum atomic E-state index is 11.5. The molecule has 1 unspecified atom stereocenters. The van der Waals surface area contributed by atoms with E-state index in [2.05, 4.69) is 22.3 Å². The number of hydrogen-bond acceptors (Lipinski definition) is 6. The molecule has 0 spiro atoms. The maximum Gasteiger partial charge on any atom is 0.195 e. The van der Waals surface area contributed by atoms with Crippen molar-refractivity contribution in [3.05, 3.63) is 102 Å². The van der Waals surface area contributed by atoms with Crippen LogP contribution in [0, 0.1) is 0 Å². The number of rotatable bonds is 10. The van der Waals surface area contributed by atoms with Crippen LogP contribution in [0.5, 0.6) is 5.75 Å². The molecular formula is C26H25N3O3S. The molecule has 33 heavy (non-hydrogen) atoms. The molecule has 1 N–H and O–H groups in total. The molecule has 3 aromatic carbocycles. The Kier molecular flexibility index (Phi) is 7.55. The van der Waals surface area contributed by atoms with E-state index in [1.54, 1.807) is 24.3 Å². The summed E-state index contributed by atoms with van der Waals surface area (Å²) in [5.74, 6) is 1.76. The lowest BCUT2D eigenvalue weighted by atomic mass is 10.1. The SMILES string of the molecule is CC(=O)c1cccc(OCC(O)CSc2nnc(Cc3ccccc3)n2-c2ccccc2)c1. The van der Waals surface area contributed by atoms with Crippen molar-refractivity contribution in [2.24, 2.45) is 0 Å². The molecule has 0 bridgehead atoms. The molecule has 0 aliphatic carbocycles. The molecule has 0 fully saturated rings. The molecule has 0 aliphatic heterocycles. The number of ether oxygens (including phenoxy) is 1. The normalized spacial score (nSPS) is 11.8. The number of aliphatic hydroxyl groups is 1. The molecule has 1 aromatic heterocycles. The summed E-state index contributed by atoms with van der Waals surface area (Å²) in [7, 11) is 0. The number of aromatic nitrogens is 3. The van der Waals surface area contributed by atoms with Crippen molar-refractivity contribution >= 4 is 17.5 Å². The predicted octanol–water partition coefficient (Wildman–Crippen LogP) is 4.59. The van der Waals surface area contributed by atoms with Crippen LogP contribution in [0.25, 0.3) is 5.69 Å². The monoisotopic (exact) mass is 459 g/mol. The van der Waals surface area contributed by atoms with Gasteiger partial charge in [-0.05, 0) is 36.8 Å². The topological polar surface area (TPSA) is 77.2 Å². The smallest absolute Gasteiger partial charge is 0.195 e. The molecule has 0 saturated heterocycles. The molecule has 7 heteroatoms. The van der Waals surface area contributed by atoms with E-state index in [0.29, 0.717) is 28.6 Å². The summed E-state index contributed by atoms with van der Waals surface area (Å²) < 4.78 is 7.72. The largest absolute Gasteiger partial charge is 0.491 e. The molecule has 0 saturated carbocycles. The van der Waals surface area contributed by atoms with Crippen molar-refractivity contribution in [1.82, 2.24) is 14.8 Å². The number of nitrogens with zero attached hydrogens (tertiary/aromatic N) is 3. The van der Waals surface area contributed by atoms with Crippen molar-refractivity contribution in [2.45, 2.75) is 24.6 Å². The van der Waals surface area contributed by atoms with Gasteiger partial charge in [-0.3, -0.25) is 9.36 Å². The Labute approximate surface area is 197 Å². The van der Waals surface area contributed by atoms with Gasteiger partial charge in [0.25, 0.3) is 0 Å². The predicted molar refractivity (Wildman–Crippen MR) is 129 cm³/mol. The zero-order chi connectivity index (χ0) is 23.0. The molecule has 1 heterocycles. The molecule has 168 valence electrons. The van der Waals surface area contributed by atoms with Crippen molar-refractivity contribution < 1.29 is 14.6 Å². The average molecular weight is 460 g/mol. The summed E-state index contributed by atoms with van der Waals surface area (Å²) in [6, 6.07) is 27.1. The van der Waals surface area contributed by atoms with Gasteiger partial charge in [0.1, 0.15) is 18.2 Å². The molecule has 1 atom stereocenters. The Morgan fingerprint density at radius 2 is 1.73 bits per heavy atom. The quantitative estimate of drug-likeness (QED) is 0.276. The molecular weight excluding hydrogens is 434 g/mol. The standard InChI is InChI=1S/C26H25N3O3S/c1-19(30)21-11-8-14-24(16-21)32-17-23(31)18-33-26-28-27-25(15-20-9-4-2-5-10-20)29(26)22-12-6-3-7-13-22/h2-14,16,23,31H,15,17-18H2,1H3. The summed E-state index contributed by atoms with van der Waals surface area (Å²) >= 11 is 1.43. The minimum atomic E-state index is -0.713. The Balaban J connectivity index is 1.44. The fourth-order valence-electron chi connectivity index (χ4n) is 3.34. The molecule has 0 aliphatic rings. The lowest BCUT2D eigenvalue weighted by Crippen LogP contribution is -2.20. The Hall–Kier alpha value is -3.42. The second-order valence-corrected chi connectivity index (χ2v) is 8.58. The summed E-state index contributed by atoms with van der Waals surface area (Å²) in [4.78, 5) is 11.5. The van der Waals surface area contributed by atoms with E-state index in [9.17, 15) is 9.90 Å². The Morgan fingerprint density at radius 3 is 2.45 bits per heavy atom. The van der Waals surface area contributed by atoms with E-state index < -0.39 is 6.10 Å². The average Bonchev–Trinajstić information content (AvgIpc) is 3.25. The van der Waals surface area contributed by atoms with Gasteiger partial charge < -0.3 is 9.84 Å². The van der Waals surface area contributed by atoms with E-state index >= 15 is 0 Å². The lowest BCUT2D eigenvalue weighted by molar-refractivity contribution is 0.101. The lowest BCUT2D eigenvalue weighted by Gasteiger charge is -2.14. The van der Waals surface area contributed by atoms with Gasteiger partial charge in [-0.25, -0.2) is 0 Å². The second kappa shape index (κ2) is 10.9. The fraction of sp³-hybridized carbons (Fsp3) is 0.192. The van der Waals surface area contributed by atoms with Crippen LogP contribution < -0.4 is 4.74 Å². The number of aliphatic hydroxyl groups excluding tert-OH is 1. The van der Waals surface area contributed by atoms with E-state index in [1.807, 2.05) is 53.1 Å². The Bertz CT molecular complexity index is 1200. The van der Waals surface area contributed by atoms with Gasteiger partial charge in [0, 0.05) is 23.4 Å². The van der Waals surface area contributed by atoms with Crippen LogP contribution in [0.3, 0.4) is 0 Å². The zero-order valence-corrected chi connectivity index (χ0v) is 19.1. The van der Waals surface area contributed by atoms with E-state index in [0.717, 1.165) is 17.1 Å². The molecule has 0 radical (unpaired) electrons. The Morgan fingerprint density at radius 1 is 1.00 bits per heavy atom. The molecule has 4 rings (SSSR count). The first-order valence-corrected chi connectivity index (χ1v) is 11.7. The fourth-order valence-corrected chi connectivity index (χ4v) is 4.22. The van der Waals surface area contributed by atoms with Crippen molar-refractivity contribution in [2.75, 3.05) is 12.4 Å². The van der Waals surface area contributed by atoms with Crippen LogP contribution in [0.4, 0.5) is 0 Å². The van der Waals surface area contributed by atoms with Gasteiger partial charge in [-0.1, -0.05) is 72.4 Å². The number of hydrogen-bond donors (Lipinski definition) is 1. The zero-order valence-electron chi connectivity index (χ0n) is 18.3. The van der Waals surface area contributed by atoms with Crippen LogP contribution in [-0.2, 0) is 6.42 Å². The first-order valence-electron chi connectivity index (χ1n) is 10.7. The summed E-state index contributed by atoms with van der Waals surface area (Å²) in [6.45, 7) is 1.63. The van der Waals surface area contributed by atoms with Gasteiger partial charge in [0.2, 0.25) is 0 Å². The van der Waals surface area contributed by atoms with Gasteiger partial charge >= 0.3 is 0 Å². The van der Waals surface area contributed by atoms with Gasteiger partial charge in [0.05, 0.1) is 6.10 Å². The first-order chi connectivity index (χ1) is 16.1. The van der Waals surface area contributed by atoms with Crippen molar-refractivity contribution in [3.63, 3.8) is 0 Å². The van der Waals surface area contributed by atoms with Crippen molar-refractivity contribution in [3.8, 4) is 11.4 Å². The minimum absolute atomic E-state index is 0.0249. The minimum Gasteiger partial charge on any atom is -0.491 e. The summed E-state index contributed by atoms with van der Waals surface area (Å²) in [5, 5.41) is 20.0. The number of para-hydroxylation sites is 1. The van der Waals surface area contributed by atoms with Crippen LogP contribution in [0.1, 0.15) is 28.7 Å². The van der Waals surface area contributed by atoms with Gasteiger partial charge in [-0.15, -0.1) is 10.2 Å². The van der Waals surface area contributed by atoms with Crippen LogP contribution in [-0.4, -0.2) is 44.1 Å². The number of carbonyl (C=O) groups excluding carboxylic acids is 1. The second-order valence-electron chi connectivity index (χ2n) is 7.59. The van der Waals surface area contributed by atoms with Gasteiger partial charge in [-0.2, -0.15) is 0 Å². The number of benzene rings is 3. The van der Waals surface area contributed by atoms with Crippen molar-refractivity contribution in [1.29, 1.82) is 0 Å². The molecule has 0 amide bonds. The third-order valence-corrected chi connectivity index (χ3v) is 6.08. The highest BCUT2D eigenvalue weighted by atomic mass is 32.2. The summed E-state index contributed by atoms with van der Waals surface area (Å²) in [6.07, 6.45) is -0.0592. The maximum absolute atomic E-state index is 11.5. The summed E-state index contributed by atoms with van der Waals surface area (Å²) in [5.41, 5.74) is 2.71. The number of ketones is 1. The first kappa shape index (κ1) is 22.8. The number of Topliss-reactive ketones (excluding diaryl/α,β-unsaturated/α-hetero) is 1.